The molecule has 2 aliphatic heterocycles. The summed E-state index contributed by atoms with van der Waals surface area (Å²) in [5, 5.41) is 3.77. The van der Waals surface area contributed by atoms with Crippen LogP contribution in [0.5, 0.6) is 0 Å². The van der Waals surface area contributed by atoms with E-state index in [9.17, 15) is 0 Å². The lowest BCUT2D eigenvalue weighted by atomic mass is 9.79. The second kappa shape index (κ2) is 7.40. The first kappa shape index (κ1) is 15.7. The second-order valence-electron chi connectivity index (χ2n) is 7.55. The lowest BCUT2D eigenvalue weighted by Gasteiger charge is -2.41. The Morgan fingerprint density at radius 3 is 2.57 bits per heavy atom. The standard InChI is InChI=1S/C17H32N2O2/c1-19(11-15-3-2-8-21-12-15)14-17(6-9-20-10-7-17)13-18-16-4-5-16/h15-16,18H,2-14H2,1H3. The van der Waals surface area contributed by atoms with Crippen LogP contribution in [-0.2, 0) is 9.47 Å². The summed E-state index contributed by atoms with van der Waals surface area (Å²) < 4.78 is 11.2. The summed E-state index contributed by atoms with van der Waals surface area (Å²) in [5.74, 6) is 0.733. The van der Waals surface area contributed by atoms with Crippen LogP contribution < -0.4 is 5.32 Å². The van der Waals surface area contributed by atoms with E-state index in [2.05, 4.69) is 17.3 Å². The molecule has 0 amide bonds. The van der Waals surface area contributed by atoms with Gasteiger partial charge in [-0.1, -0.05) is 0 Å². The molecule has 1 atom stereocenters. The van der Waals surface area contributed by atoms with Gasteiger partial charge in [0.05, 0.1) is 6.61 Å². The maximum absolute atomic E-state index is 5.63. The van der Waals surface area contributed by atoms with E-state index >= 15 is 0 Å². The minimum absolute atomic E-state index is 0.422. The normalized spacial score (nSPS) is 29.7. The fraction of sp³-hybridized carbons (Fsp3) is 1.00. The Hall–Kier alpha value is -0.160. The van der Waals surface area contributed by atoms with Crippen LogP contribution in [0.15, 0.2) is 0 Å². The van der Waals surface area contributed by atoms with E-state index in [0.29, 0.717) is 5.41 Å². The molecule has 1 unspecified atom stereocenters. The molecule has 3 fully saturated rings. The summed E-state index contributed by atoms with van der Waals surface area (Å²) in [7, 11) is 2.29. The smallest absolute Gasteiger partial charge is 0.0506 e. The molecule has 0 bridgehead atoms. The summed E-state index contributed by atoms with van der Waals surface area (Å²) in [4.78, 5) is 2.55. The van der Waals surface area contributed by atoms with E-state index in [1.807, 2.05) is 0 Å². The molecule has 2 heterocycles. The lowest BCUT2D eigenvalue weighted by Crippen LogP contribution is -2.48. The third kappa shape index (κ3) is 4.92. The average Bonchev–Trinajstić information content (AvgIpc) is 3.31. The summed E-state index contributed by atoms with van der Waals surface area (Å²) >= 11 is 0. The number of nitrogens with one attached hydrogen (secondary N) is 1. The third-order valence-electron chi connectivity index (χ3n) is 5.33. The topological polar surface area (TPSA) is 33.7 Å². The van der Waals surface area contributed by atoms with Crippen LogP contribution in [0.25, 0.3) is 0 Å². The second-order valence-corrected chi connectivity index (χ2v) is 7.55. The van der Waals surface area contributed by atoms with E-state index in [0.717, 1.165) is 38.4 Å². The van der Waals surface area contributed by atoms with Gasteiger partial charge < -0.3 is 19.7 Å². The Bertz CT molecular complexity index is 308. The summed E-state index contributed by atoms with van der Waals surface area (Å²) in [6.07, 6.45) is 7.74. The Labute approximate surface area is 129 Å². The minimum Gasteiger partial charge on any atom is -0.381 e. The van der Waals surface area contributed by atoms with Crippen molar-refractivity contribution in [2.45, 2.75) is 44.6 Å². The Kier molecular flexibility index (Phi) is 5.54. The van der Waals surface area contributed by atoms with Gasteiger partial charge in [0.1, 0.15) is 0 Å². The van der Waals surface area contributed by atoms with Crippen LogP contribution in [0.3, 0.4) is 0 Å². The molecule has 21 heavy (non-hydrogen) atoms. The monoisotopic (exact) mass is 296 g/mol. The maximum atomic E-state index is 5.63. The summed E-state index contributed by atoms with van der Waals surface area (Å²) in [6.45, 7) is 7.36. The van der Waals surface area contributed by atoms with E-state index in [4.69, 9.17) is 9.47 Å². The maximum Gasteiger partial charge on any atom is 0.0506 e. The van der Waals surface area contributed by atoms with Crippen molar-refractivity contribution >= 4 is 0 Å². The molecule has 3 rings (SSSR count). The molecule has 2 saturated heterocycles. The van der Waals surface area contributed by atoms with Gasteiger partial charge in [-0.05, 0) is 56.9 Å². The fourth-order valence-corrected chi connectivity index (χ4v) is 3.87. The van der Waals surface area contributed by atoms with E-state index in [1.54, 1.807) is 0 Å². The zero-order valence-electron chi connectivity index (χ0n) is 13.6. The average molecular weight is 296 g/mol. The first-order chi connectivity index (χ1) is 10.3. The quantitative estimate of drug-likeness (QED) is 0.778. The Morgan fingerprint density at radius 1 is 1.10 bits per heavy atom. The highest BCUT2D eigenvalue weighted by molar-refractivity contribution is 4.91. The van der Waals surface area contributed by atoms with E-state index in [-0.39, 0.29) is 0 Å². The first-order valence-corrected chi connectivity index (χ1v) is 8.83. The van der Waals surface area contributed by atoms with Crippen molar-refractivity contribution < 1.29 is 9.47 Å². The number of nitrogens with zero attached hydrogens (tertiary/aromatic N) is 1. The van der Waals surface area contributed by atoms with Crippen molar-refractivity contribution in [2.24, 2.45) is 11.3 Å². The number of hydrogen-bond donors (Lipinski definition) is 1. The molecule has 1 aliphatic carbocycles. The van der Waals surface area contributed by atoms with Crippen molar-refractivity contribution in [1.82, 2.24) is 10.2 Å². The predicted octanol–water partition coefficient (Wildman–Crippen LogP) is 1.89. The molecule has 1 saturated carbocycles. The van der Waals surface area contributed by atoms with Crippen molar-refractivity contribution in [3.05, 3.63) is 0 Å². The number of rotatable bonds is 7. The van der Waals surface area contributed by atoms with Gasteiger partial charge in [0, 0.05) is 45.5 Å². The molecule has 3 aliphatic rings. The molecular formula is C17H32N2O2. The largest absolute Gasteiger partial charge is 0.381 e. The molecule has 1 N–H and O–H groups in total. The van der Waals surface area contributed by atoms with Gasteiger partial charge in [-0.3, -0.25) is 0 Å². The summed E-state index contributed by atoms with van der Waals surface area (Å²) in [6, 6.07) is 0.807. The molecule has 0 aromatic rings. The molecule has 0 aromatic heterocycles. The van der Waals surface area contributed by atoms with Gasteiger partial charge in [-0.15, -0.1) is 0 Å². The third-order valence-corrected chi connectivity index (χ3v) is 5.33. The van der Waals surface area contributed by atoms with Gasteiger partial charge >= 0.3 is 0 Å². The van der Waals surface area contributed by atoms with Crippen molar-refractivity contribution in [2.75, 3.05) is 53.1 Å². The van der Waals surface area contributed by atoms with E-state index in [1.165, 1.54) is 58.2 Å². The molecule has 4 nitrogen and oxygen atoms in total. The molecule has 0 spiro atoms. The van der Waals surface area contributed by atoms with Crippen molar-refractivity contribution in [3.63, 3.8) is 0 Å². The van der Waals surface area contributed by atoms with Gasteiger partial charge in [-0.25, -0.2) is 0 Å². The Balaban J connectivity index is 1.49. The van der Waals surface area contributed by atoms with Crippen LogP contribution in [0.1, 0.15) is 38.5 Å². The highest BCUT2D eigenvalue weighted by atomic mass is 16.5. The van der Waals surface area contributed by atoms with E-state index < -0.39 is 0 Å². The minimum atomic E-state index is 0.422. The zero-order chi connectivity index (χ0) is 14.5. The summed E-state index contributed by atoms with van der Waals surface area (Å²) in [5.41, 5.74) is 0.422. The fourth-order valence-electron chi connectivity index (χ4n) is 3.87. The first-order valence-electron chi connectivity index (χ1n) is 8.83. The van der Waals surface area contributed by atoms with Gasteiger partial charge in [0.15, 0.2) is 0 Å². The van der Waals surface area contributed by atoms with Crippen molar-refractivity contribution in [1.29, 1.82) is 0 Å². The SMILES string of the molecule is CN(CC1CCCOC1)CC1(CNC2CC2)CCOCC1. The highest BCUT2D eigenvalue weighted by Crippen LogP contribution is 2.32. The lowest BCUT2D eigenvalue weighted by molar-refractivity contribution is -0.00986. The van der Waals surface area contributed by atoms with Crippen LogP contribution in [0.2, 0.25) is 0 Å². The molecule has 4 heteroatoms. The Morgan fingerprint density at radius 2 is 1.90 bits per heavy atom. The van der Waals surface area contributed by atoms with Crippen LogP contribution in [0, 0.1) is 11.3 Å². The van der Waals surface area contributed by atoms with Gasteiger partial charge in [0.2, 0.25) is 0 Å². The molecule has 0 radical (unpaired) electrons. The van der Waals surface area contributed by atoms with Gasteiger partial charge in [-0.2, -0.15) is 0 Å². The molecule has 0 aromatic carbocycles. The molecule has 122 valence electrons. The highest BCUT2D eigenvalue weighted by Gasteiger charge is 2.35. The number of ether oxygens (including phenoxy) is 2. The number of hydrogen-bond acceptors (Lipinski definition) is 4. The zero-order valence-corrected chi connectivity index (χ0v) is 13.6. The van der Waals surface area contributed by atoms with Crippen molar-refractivity contribution in [3.8, 4) is 0 Å². The van der Waals surface area contributed by atoms with Crippen LogP contribution in [0.4, 0.5) is 0 Å². The predicted molar refractivity (Wildman–Crippen MR) is 84.6 cm³/mol. The molecular weight excluding hydrogens is 264 g/mol. The van der Waals surface area contributed by atoms with Gasteiger partial charge in [0.25, 0.3) is 0 Å². The van der Waals surface area contributed by atoms with Crippen LogP contribution in [-0.4, -0.2) is 64.1 Å². The van der Waals surface area contributed by atoms with Crippen LogP contribution >= 0.6 is 0 Å².